The van der Waals surface area contributed by atoms with Crippen molar-refractivity contribution in [1.82, 2.24) is 9.78 Å². The van der Waals surface area contributed by atoms with Gasteiger partial charge in [-0.05, 0) is 41.5 Å². The first-order valence-corrected chi connectivity index (χ1v) is 15.7. The highest BCUT2D eigenvalue weighted by molar-refractivity contribution is 8.24. The lowest BCUT2D eigenvalue weighted by Gasteiger charge is -2.30. The number of benzene rings is 1. The Kier molecular flexibility index (Phi) is 7.32. The van der Waals surface area contributed by atoms with E-state index in [1.54, 1.807) is 18.2 Å². The summed E-state index contributed by atoms with van der Waals surface area (Å²) in [7, 11) is -5.76. The Morgan fingerprint density at radius 2 is 2.00 bits per heavy atom. The number of amidine groups is 1. The zero-order chi connectivity index (χ0) is 27.2. The van der Waals surface area contributed by atoms with Crippen LogP contribution in [0.4, 0.5) is 11.4 Å². The molecule has 4 rings (SSSR count). The van der Waals surface area contributed by atoms with Crippen LogP contribution in [0.3, 0.4) is 0 Å². The van der Waals surface area contributed by atoms with E-state index >= 15 is 0 Å². The van der Waals surface area contributed by atoms with Crippen molar-refractivity contribution in [2.75, 3.05) is 23.4 Å². The Hall–Kier alpha value is -2.67. The molecule has 11 nitrogen and oxygen atoms in total. The van der Waals surface area contributed by atoms with Crippen molar-refractivity contribution < 1.29 is 23.3 Å². The fourth-order valence-corrected chi connectivity index (χ4v) is 6.46. The summed E-state index contributed by atoms with van der Waals surface area (Å²) in [4.78, 5) is 13.6. The molecule has 0 radical (unpaired) electrons. The van der Waals surface area contributed by atoms with E-state index in [9.17, 15) is 23.6 Å². The predicted octanol–water partition coefficient (Wildman–Crippen LogP) is 5.16. The lowest BCUT2D eigenvalue weighted by molar-refractivity contribution is 0.335. The molecule has 3 aromatic rings. The van der Waals surface area contributed by atoms with Gasteiger partial charge in [0.2, 0.25) is 0 Å². The molecular weight excluding hydrogens is 537 g/mol. The van der Waals surface area contributed by atoms with E-state index in [4.69, 9.17) is 4.52 Å². The SMILES string of the molecule is COP1(=O)N=C(c2c(O)c(-c3ccsc3)nn(CCC(C)(C)C)c2=O)Nc2ccc(NS(C)(O)O)cc21. The van der Waals surface area contributed by atoms with Crippen LogP contribution < -0.4 is 20.9 Å². The first-order chi connectivity index (χ1) is 17.2. The molecule has 0 spiro atoms. The minimum absolute atomic E-state index is 0.0698. The van der Waals surface area contributed by atoms with Gasteiger partial charge < -0.3 is 14.9 Å². The number of anilines is 2. The summed E-state index contributed by atoms with van der Waals surface area (Å²) in [6.45, 7) is 6.46. The van der Waals surface area contributed by atoms with Crippen LogP contribution in [-0.2, 0) is 15.6 Å². The summed E-state index contributed by atoms with van der Waals surface area (Å²) in [6, 6.07) is 6.33. The van der Waals surface area contributed by atoms with Gasteiger partial charge in [-0.1, -0.05) is 20.8 Å². The Bertz CT molecular complexity index is 1460. The van der Waals surface area contributed by atoms with Gasteiger partial charge in [0, 0.05) is 30.9 Å². The smallest absolute Gasteiger partial charge is 0.348 e. The quantitative estimate of drug-likeness (QED) is 0.243. The lowest BCUT2D eigenvalue weighted by Crippen LogP contribution is -2.35. The third kappa shape index (κ3) is 5.92. The Balaban J connectivity index is 1.88. The van der Waals surface area contributed by atoms with E-state index < -0.39 is 23.9 Å². The van der Waals surface area contributed by atoms with Gasteiger partial charge in [0.1, 0.15) is 11.3 Å². The number of nitrogens with one attached hydrogen (secondary N) is 2. The molecule has 0 saturated heterocycles. The molecule has 0 saturated carbocycles. The monoisotopic (exact) mass is 567 g/mol. The summed E-state index contributed by atoms with van der Waals surface area (Å²) in [5, 5.41) is 22.5. The molecule has 1 atom stereocenters. The van der Waals surface area contributed by atoms with E-state index in [-0.39, 0.29) is 33.6 Å². The van der Waals surface area contributed by atoms with Gasteiger partial charge in [0.15, 0.2) is 11.6 Å². The Labute approximate surface area is 220 Å². The van der Waals surface area contributed by atoms with Crippen LogP contribution in [0.25, 0.3) is 11.3 Å². The number of aryl methyl sites for hydroxylation is 1. The van der Waals surface area contributed by atoms with Crippen molar-refractivity contribution in [2.24, 2.45) is 10.2 Å². The normalized spacial score (nSPS) is 18.1. The second kappa shape index (κ2) is 9.90. The first-order valence-electron chi connectivity index (χ1n) is 11.3. The second-order valence-corrected chi connectivity index (χ2v) is 14.6. The van der Waals surface area contributed by atoms with E-state index in [1.165, 1.54) is 35.5 Å². The molecule has 3 heterocycles. The van der Waals surface area contributed by atoms with Gasteiger partial charge >= 0.3 is 7.52 Å². The second-order valence-electron chi connectivity index (χ2n) is 9.87. The van der Waals surface area contributed by atoms with Crippen LogP contribution in [0.15, 0.2) is 44.6 Å². The molecule has 200 valence electrons. The molecule has 0 fully saturated rings. The molecule has 2 aromatic heterocycles. The minimum atomic E-state index is -3.92. The number of nitrogens with zero attached hydrogens (tertiary/aromatic N) is 3. The third-order valence-electron chi connectivity index (χ3n) is 5.58. The zero-order valence-corrected chi connectivity index (χ0v) is 23.6. The molecule has 37 heavy (non-hydrogen) atoms. The fraction of sp³-hybridized carbons (Fsp3) is 0.348. The predicted molar refractivity (Wildman–Crippen MR) is 151 cm³/mol. The van der Waals surface area contributed by atoms with Crippen LogP contribution in [0.1, 0.15) is 32.8 Å². The third-order valence-corrected chi connectivity index (χ3v) is 8.82. The van der Waals surface area contributed by atoms with E-state index in [0.717, 1.165) is 0 Å². The molecule has 1 aliphatic rings. The largest absolute Gasteiger partial charge is 0.505 e. The molecule has 0 aliphatic carbocycles. The average Bonchev–Trinajstić information content (AvgIpc) is 3.32. The summed E-state index contributed by atoms with van der Waals surface area (Å²) in [5.74, 6) is -0.491. The van der Waals surface area contributed by atoms with Crippen molar-refractivity contribution >= 4 is 52.1 Å². The highest BCUT2D eigenvalue weighted by Crippen LogP contribution is 2.52. The highest BCUT2D eigenvalue weighted by atomic mass is 32.3. The van der Waals surface area contributed by atoms with E-state index in [1.807, 2.05) is 10.8 Å². The van der Waals surface area contributed by atoms with Crippen molar-refractivity contribution in [2.45, 2.75) is 33.7 Å². The molecule has 5 N–H and O–H groups in total. The van der Waals surface area contributed by atoms with Crippen molar-refractivity contribution in [3.8, 4) is 17.0 Å². The maximum atomic E-state index is 13.8. The number of aromatic nitrogens is 2. The van der Waals surface area contributed by atoms with Gasteiger partial charge in [-0.3, -0.25) is 23.2 Å². The van der Waals surface area contributed by atoms with Crippen LogP contribution in [0, 0.1) is 5.41 Å². The zero-order valence-electron chi connectivity index (χ0n) is 21.1. The summed E-state index contributed by atoms with van der Waals surface area (Å²) in [5.41, 5.74) is 0.653. The van der Waals surface area contributed by atoms with Crippen LogP contribution in [0.5, 0.6) is 5.75 Å². The molecular formula is C23H30N5O6PS2. The Morgan fingerprint density at radius 1 is 1.27 bits per heavy atom. The van der Waals surface area contributed by atoms with Gasteiger partial charge in [-0.15, -0.1) is 10.8 Å². The number of hydrogen-bond acceptors (Lipinski definition) is 10. The van der Waals surface area contributed by atoms with Crippen LogP contribution in [-0.4, -0.2) is 43.2 Å². The minimum Gasteiger partial charge on any atom is -0.505 e. The topological polar surface area (TPSA) is 158 Å². The van der Waals surface area contributed by atoms with E-state index in [2.05, 4.69) is 40.7 Å². The maximum absolute atomic E-state index is 13.8. The highest BCUT2D eigenvalue weighted by Gasteiger charge is 2.36. The first kappa shape index (κ1) is 27.4. The van der Waals surface area contributed by atoms with Gasteiger partial charge in [0.05, 0.1) is 16.7 Å². The molecule has 0 bridgehead atoms. The fourth-order valence-electron chi connectivity index (χ4n) is 3.71. The molecule has 0 amide bonds. The summed E-state index contributed by atoms with van der Waals surface area (Å²) >= 11 is 1.42. The van der Waals surface area contributed by atoms with Crippen LogP contribution >= 0.6 is 29.6 Å². The van der Waals surface area contributed by atoms with Gasteiger partial charge in [0.25, 0.3) is 5.56 Å². The molecule has 1 aromatic carbocycles. The molecule has 1 aliphatic heterocycles. The lowest BCUT2D eigenvalue weighted by atomic mass is 9.92. The number of fused-ring (bicyclic) bond motifs is 1. The van der Waals surface area contributed by atoms with Gasteiger partial charge in [-0.25, -0.2) is 4.68 Å². The van der Waals surface area contributed by atoms with Crippen LogP contribution in [0.2, 0.25) is 0 Å². The number of rotatable bonds is 7. The summed E-state index contributed by atoms with van der Waals surface area (Å²) in [6.07, 6.45) is 1.87. The van der Waals surface area contributed by atoms with Crippen molar-refractivity contribution in [3.63, 3.8) is 0 Å². The standard InChI is InChI=1S/C23H30N5O6PS2/c1-23(2,3)9-10-28-22(30)18(20(29)19(25-28)14-8-11-36-13-14)21-24-16-7-6-15(27-37(5,32)33)12-17(16)35(31,26-21)34-4/h6-8,11-13,27,29,32-33H,9-10H2,1-5H3,(H,24,26,31). The van der Waals surface area contributed by atoms with E-state index in [0.29, 0.717) is 29.9 Å². The number of hydrogen-bond donors (Lipinski definition) is 5. The maximum Gasteiger partial charge on any atom is 0.348 e. The molecule has 1 unspecified atom stereocenters. The summed E-state index contributed by atoms with van der Waals surface area (Å²) < 4.78 is 46.8. The van der Waals surface area contributed by atoms with Crippen molar-refractivity contribution in [3.05, 3.63) is 50.9 Å². The average molecular weight is 568 g/mol. The Morgan fingerprint density at radius 3 is 2.59 bits per heavy atom. The molecule has 14 heteroatoms. The van der Waals surface area contributed by atoms with Crippen molar-refractivity contribution in [1.29, 1.82) is 0 Å². The number of thiophene rings is 1. The number of aromatic hydroxyl groups is 1. The van der Waals surface area contributed by atoms with Gasteiger partial charge in [-0.2, -0.15) is 21.2 Å².